The van der Waals surface area contributed by atoms with E-state index in [-0.39, 0.29) is 12.5 Å². The number of hydrogen-bond donors (Lipinski definition) is 0. The van der Waals surface area contributed by atoms with E-state index in [1.54, 1.807) is 16.4 Å². The van der Waals surface area contributed by atoms with E-state index in [4.69, 9.17) is 0 Å². The Morgan fingerprint density at radius 2 is 2.25 bits per heavy atom. The van der Waals surface area contributed by atoms with Gasteiger partial charge in [0, 0.05) is 26.2 Å². The van der Waals surface area contributed by atoms with E-state index in [1.165, 1.54) is 0 Å². The normalized spacial score (nSPS) is 25.1. The van der Waals surface area contributed by atoms with Crippen LogP contribution >= 0.6 is 0 Å². The third-order valence-electron chi connectivity index (χ3n) is 3.19. The lowest BCUT2D eigenvalue weighted by Gasteiger charge is -2.18. The van der Waals surface area contributed by atoms with Gasteiger partial charge in [0.2, 0.25) is 0 Å². The molecular formula is C12H17FN2O. The van der Waals surface area contributed by atoms with Crippen LogP contribution in [0.3, 0.4) is 0 Å². The summed E-state index contributed by atoms with van der Waals surface area (Å²) in [6, 6.07) is 1.90. The van der Waals surface area contributed by atoms with Gasteiger partial charge < -0.3 is 9.47 Å². The van der Waals surface area contributed by atoms with E-state index in [9.17, 15) is 9.18 Å². The van der Waals surface area contributed by atoms with Crippen LogP contribution in [0.2, 0.25) is 0 Å². The lowest BCUT2D eigenvalue weighted by Crippen LogP contribution is -2.33. The van der Waals surface area contributed by atoms with E-state index in [0.717, 1.165) is 5.56 Å². The van der Waals surface area contributed by atoms with Crippen LogP contribution in [-0.2, 0) is 7.05 Å². The molecule has 1 fully saturated rings. The maximum Gasteiger partial charge on any atom is 0.270 e. The van der Waals surface area contributed by atoms with Gasteiger partial charge in [0.1, 0.15) is 11.4 Å². The molecule has 0 aliphatic carbocycles. The lowest BCUT2D eigenvalue weighted by atomic mass is 10.1. The highest BCUT2D eigenvalue weighted by molar-refractivity contribution is 5.94. The third kappa shape index (κ3) is 1.84. The van der Waals surface area contributed by atoms with Crippen molar-refractivity contribution >= 4 is 5.91 Å². The minimum absolute atomic E-state index is 0.0635. The largest absolute Gasteiger partial charge is 0.346 e. The molecule has 2 rings (SSSR count). The van der Waals surface area contributed by atoms with Crippen LogP contribution in [-0.4, -0.2) is 34.1 Å². The predicted octanol–water partition coefficient (Wildman–Crippen LogP) is 1.91. The first-order valence-corrected chi connectivity index (χ1v) is 5.51. The van der Waals surface area contributed by atoms with Crippen molar-refractivity contribution in [2.24, 2.45) is 7.05 Å². The van der Waals surface area contributed by atoms with E-state index in [0.29, 0.717) is 18.7 Å². The van der Waals surface area contributed by atoms with Crippen molar-refractivity contribution in [3.05, 3.63) is 23.5 Å². The van der Waals surface area contributed by atoms with E-state index >= 15 is 0 Å². The summed E-state index contributed by atoms with van der Waals surface area (Å²) < 4.78 is 15.5. The Labute approximate surface area is 94.9 Å². The number of aryl methyl sites for hydroxylation is 2. The fraction of sp³-hybridized carbons (Fsp3) is 0.583. The molecule has 1 amide bonds. The summed E-state index contributed by atoms with van der Waals surface area (Å²) in [5.74, 6) is -0.0635. The van der Waals surface area contributed by atoms with Crippen LogP contribution in [0, 0.1) is 6.92 Å². The summed E-state index contributed by atoms with van der Waals surface area (Å²) in [6.45, 7) is 4.17. The van der Waals surface area contributed by atoms with Crippen molar-refractivity contribution in [1.82, 2.24) is 9.47 Å². The maximum absolute atomic E-state index is 13.7. The summed E-state index contributed by atoms with van der Waals surface area (Å²) in [4.78, 5) is 13.8. The molecule has 88 valence electrons. The second-order valence-corrected chi connectivity index (χ2v) is 4.85. The highest BCUT2D eigenvalue weighted by Crippen LogP contribution is 2.26. The second-order valence-electron chi connectivity index (χ2n) is 4.85. The fourth-order valence-corrected chi connectivity index (χ4v) is 2.22. The minimum Gasteiger partial charge on any atom is -0.346 e. The first-order chi connectivity index (χ1) is 7.41. The first-order valence-electron chi connectivity index (χ1n) is 5.51. The monoisotopic (exact) mass is 224 g/mol. The predicted molar refractivity (Wildman–Crippen MR) is 60.2 cm³/mol. The van der Waals surface area contributed by atoms with Crippen LogP contribution in [0.25, 0.3) is 0 Å². The number of hydrogen-bond acceptors (Lipinski definition) is 1. The van der Waals surface area contributed by atoms with Crippen LogP contribution in [0.5, 0.6) is 0 Å². The summed E-state index contributed by atoms with van der Waals surface area (Å²) in [7, 11) is 1.84. The number of halogens is 1. The summed E-state index contributed by atoms with van der Waals surface area (Å²) >= 11 is 0. The average molecular weight is 224 g/mol. The van der Waals surface area contributed by atoms with Gasteiger partial charge in [-0.2, -0.15) is 0 Å². The zero-order valence-corrected chi connectivity index (χ0v) is 9.96. The molecule has 0 spiro atoms. The molecule has 1 saturated heterocycles. The molecular weight excluding hydrogens is 207 g/mol. The van der Waals surface area contributed by atoms with E-state index in [2.05, 4.69) is 0 Å². The summed E-state index contributed by atoms with van der Waals surface area (Å²) in [5.41, 5.74) is 0.381. The quantitative estimate of drug-likeness (QED) is 0.715. The smallest absolute Gasteiger partial charge is 0.270 e. The molecule has 0 N–H and O–H groups in total. The Hall–Kier alpha value is -1.32. The molecule has 1 aliphatic rings. The van der Waals surface area contributed by atoms with Crippen LogP contribution < -0.4 is 0 Å². The van der Waals surface area contributed by atoms with Crippen molar-refractivity contribution < 1.29 is 9.18 Å². The van der Waals surface area contributed by atoms with Gasteiger partial charge in [-0.05, 0) is 25.5 Å². The number of likely N-dealkylation sites (tertiary alicyclic amines) is 1. The van der Waals surface area contributed by atoms with Gasteiger partial charge in [-0.3, -0.25) is 4.79 Å². The van der Waals surface area contributed by atoms with E-state index < -0.39 is 5.67 Å². The van der Waals surface area contributed by atoms with Gasteiger partial charge in [0.25, 0.3) is 5.91 Å². The van der Waals surface area contributed by atoms with Gasteiger partial charge >= 0.3 is 0 Å². The summed E-state index contributed by atoms with van der Waals surface area (Å²) in [6.07, 6.45) is 2.29. The second kappa shape index (κ2) is 3.61. The highest BCUT2D eigenvalue weighted by atomic mass is 19.1. The number of nitrogens with zero attached hydrogens (tertiary/aromatic N) is 2. The fourth-order valence-electron chi connectivity index (χ4n) is 2.22. The average Bonchev–Trinajstić information content (AvgIpc) is 2.70. The molecule has 3 nitrogen and oxygen atoms in total. The number of carbonyl (C=O) groups is 1. The molecule has 1 aliphatic heterocycles. The molecule has 0 bridgehead atoms. The molecule has 1 aromatic rings. The molecule has 1 unspecified atom stereocenters. The van der Waals surface area contributed by atoms with Crippen LogP contribution in [0.1, 0.15) is 29.4 Å². The minimum atomic E-state index is -1.23. The van der Waals surface area contributed by atoms with Gasteiger partial charge in [0.05, 0.1) is 6.54 Å². The van der Waals surface area contributed by atoms with Gasteiger partial charge in [-0.15, -0.1) is 0 Å². The maximum atomic E-state index is 13.7. The van der Waals surface area contributed by atoms with Crippen molar-refractivity contribution in [2.45, 2.75) is 25.9 Å². The number of rotatable bonds is 1. The Morgan fingerprint density at radius 1 is 1.56 bits per heavy atom. The number of amides is 1. The Kier molecular flexibility index (Phi) is 2.52. The molecule has 0 radical (unpaired) electrons. The third-order valence-corrected chi connectivity index (χ3v) is 3.19. The van der Waals surface area contributed by atoms with Crippen molar-refractivity contribution in [3.63, 3.8) is 0 Å². The SMILES string of the molecule is Cc1ccn(C)c1C(=O)N1CCC(C)(F)C1. The summed E-state index contributed by atoms with van der Waals surface area (Å²) in [5, 5.41) is 0. The topological polar surface area (TPSA) is 25.2 Å². The molecule has 2 heterocycles. The number of alkyl halides is 1. The van der Waals surface area contributed by atoms with Gasteiger partial charge in [0.15, 0.2) is 0 Å². The first kappa shape index (κ1) is 11.2. The van der Waals surface area contributed by atoms with Crippen molar-refractivity contribution in [3.8, 4) is 0 Å². The highest BCUT2D eigenvalue weighted by Gasteiger charge is 2.37. The molecule has 4 heteroatoms. The van der Waals surface area contributed by atoms with Gasteiger partial charge in [-0.25, -0.2) is 4.39 Å². The Morgan fingerprint density at radius 3 is 2.69 bits per heavy atom. The number of aromatic nitrogens is 1. The molecule has 1 aromatic heterocycles. The zero-order valence-electron chi connectivity index (χ0n) is 9.96. The molecule has 1 atom stereocenters. The Balaban J connectivity index is 2.21. The standard InChI is InChI=1S/C12H17FN2O/c1-9-4-6-14(3)10(9)11(16)15-7-5-12(2,13)8-15/h4,6H,5,7-8H2,1-3H3. The molecule has 0 saturated carbocycles. The lowest BCUT2D eigenvalue weighted by molar-refractivity contribution is 0.0750. The van der Waals surface area contributed by atoms with Crippen LogP contribution in [0.4, 0.5) is 4.39 Å². The van der Waals surface area contributed by atoms with E-state index in [1.807, 2.05) is 26.2 Å². The van der Waals surface area contributed by atoms with Gasteiger partial charge in [-0.1, -0.05) is 0 Å². The number of carbonyl (C=O) groups excluding carboxylic acids is 1. The van der Waals surface area contributed by atoms with Crippen molar-refractivity contribution in [1.29, 1.82) is 0 Å². The Bertz CT molecular complexity index is 403. The zero-order chi connectivity index (χ0) is 11.9. The molecule has 16 heavy (non-hydrogen) atoms. The van der Waals surface area contributed by atoms with Crippen molar-refractivity contribution in [2.75, 3.05) is 13.1 Å². The molecule has 0 aromatic carbocycles. The van der Waals surface area contributed by atoms with Crippen LogP contribution in [0.15, 0.2) is 12.3 Å².